The van der Waals surface area contributed by atoms with Gasteiger partial charge in [0.1, 0.15) is 12.9 Å². The average molecular weight is 281 g/mol. The highest BCUT2D eigenvalue weighted by Gasteiger charge is 2.27. The normalized spacial score (nSPS) is 11.2. The van der Waals surface area contributed by atoms with Crippen LogP contribution in [0, 0.1) is 0 Å². The van der Waals surface area contributed by atoms with Crippen molar-refractivity contribution in [2.24, 2.45) is 5.84 Å². The van der Waals surface area contributed by atoms with Gasteiger partial charge in [-0.05, 0) is 0 Å². The van der Waals surface area contributed by atoms with Gasteiger partial charge in [0.15, 0.2) is 11.6 Å². The zero-order valence-corrected chi connectivity index (χ0v) is 10.1. The number of alkyl halides is 3. The van der Waals surface area contributed by atoms with Crippen LogP contribution in [-0.2, 0) is 4.74 Å². The number of hydrogen-bond acceptors (Lipinski definition) is 7. The van der Waals surface area contributed by atoms with Crippen LogP contribution < -0.4 is 21.3 Å². The van der Waals surface area contributed by atoms with E-state index in [-0.39, 0.29) is 24.7 Å². The molecule has 1 heterocycles. The quantitative estimate of drug-likeness (QED) is 0.386. The fourth-order valence-electron chi connectivity index (χ4n) is 1.23. The number of ether oxygens (including phenoxy) is 2. The van der Waals surface area contributed by atoms with Crippen LogP contribution in [0.4, 0.5) is 24.8 Å². The molecule has 0 saturated carbocycles. The van der Waals surface area contributed by atoms with Crippen molar-refractivity contribution in [2.45, 2.75) is 6.18 Å². The van der Waals surface area contributed by atoms with E-state index in [2.05, 4.69) is 25.4 Å². The number of anilines is 2. The maximum absolute atomic E-state index is 11.8. The zero-order valence-electron chi connectivity index (χ0n) is 10.1. The molecule has 0 bridgehead atoms. The lowest BCUT2D eigenvalue weighted by Crippen LogP contribution is -2.20. The molecular weight excluding hydrogens is 267 g/mol. The van der Waals surface area contributed by atoms with Gasteiger partial charge in [0.2, 0.25) is 5.75 Å². The molecule has 7 nitrogen and oxygen atoms in total. The van der Waals surface area contributed by atoms with Crippen molar-refractivity contribution in [3.05, 3.63) is 6.33 Å². The Labute approximate surface area is 107 Å². The lowest BCUT2D eigenvalue weighted by atomic mass is 10.4. The molecule has 0 spiro atoms. The minimum Gasteiger partial charge on any atom is -0.490 e. The summed E-state index contributed by atoms with van der Waals surface area (Å²) in [5.74, 6) is 6.05. The van der Waals surface area contributed by atoms with Crippen LogP contribution in [0.3, 0.4) is 0 Å². The molecule has 1 aromatic heterocycles. The number of hydrazine groups is 1. The van der Waals surface area contributed by atoms with Gasteiger partial charge >= 0.3 is 6.18 Å². The second-order valence-corrected chi connectivity index (χ2v) is 3.34. The van der Waals surface area contributed by atoms with Gasteiger partial charge in [-0.25, -0.2) is 15.8 Å². The Bertz CT molecular complexity index is 402. The molecular formula is C9H14F3N5O2. The van der Waals surface area contributed by atoms with Crippen LogP contribution in [0.25, 0.3) is 0 Å². The number of hydrogen-bond donors (Lipinski definition) is 3. The van der Waals surface area contributed by atoms with Crippen molar-refractivity contribution < 1.29 is 22.6 Å². The molecule has 0 aromatic carbocycles. The number of methoxy groups -OCH3 is 1. The lowest BCUT2D eigenvalue weighted by Gasteiger charge is -2.13. The molecule has 10 heteroatoms. The summed E-state index contributed by atoms with van der Waals surface area (Å²) < 4.78 is 44.9. The monoisotopic (exact) mass is 281 g/mol. The standard InChI is InChI=1S/C9H14F3N5O2/c1-18-6-7(15-5-16-8(6)17-13)14-2-3-19-4-9(10,11)12/h5H,2-4,13H2,1H3,(H2,14,15,16,17). The average Bonchev–Trinajstić information content (AvgIpc) is 2.36. The van der Waals surface area contributed by atoms with Gasteiger partial charge in [-0.1, -0.05) is 0 Å². The summed E-state index contributed by atoms with van der Waals surface area (Å²) in [7, 11) is 1.39. The molecule has 0 aliphatic carbocycles. The van der Waals surface area contributed by atoms with E-state index in [1.54, 1.807) is 0 Å². The maximum atomic E-state index is 11.8. The molecule has 0 unspecified atom stereocenters. The van der Waals surface area contributed by atoms with E-state index >= 15 is 0 Å². The maximum Gasteiger partial charge on any atom is 0.411 e. The minimum absolute atomic E-state index is 0.127. The first-order chi connectivity index (χ1) is 8.98. The van der Waals surface area contributed by atoms with Gasteiger partial charge in [-0.3, -0.25) is 0 Å². The fraction of sp³-hybridized carbons (Fsp3) is 0.556. The highest BCUT2D eigenvalue weighted by Crippen LogP contribution is 2.27. The number of nitrogens with two attached hydrogens (primary N) is 1. The van der Waals surface area contributed by atoms with Crippen LogP contribution in [0.1, 0.15) is 0 Å². The molecule has 0 aliphatic heterocycles. The Hall–Kier alpha value is -1.81. The van der Waals surface area contributed by atoms with Crippen molar-refractivity contribution in [3.8, 4) is 5.75 Å². The lowest BCUT2D eigenvalue weighted by molar-refractivity contribution is -0.172. The number of halogens is 3. The first-order valence-electron chi connectivity index (χ1n) is 5.22. The van der Waals surface area contributed by atoms with Crippen molar-refractivity contribution in [2.75, 3.05) is 37.6 Å². The summed E-state index contributed by atoms with van der Waals surface area (Å²) in [6.07, 6.45) is -3.10. The summed E-state index contributed by atoms with van der Waals surface area (Å²) in [5, 5.41) is 2.76. The van der Waals surface area contributed by atoms with E-state index in [0.29, 0.717) is 5.82 Å². The molecule has 0 atom stereocenters. The molecule has 0 radical (unpaired) electrons. The Balaban J connectivity index is 2.45. The smallest absolute Gasteiger partial charge is 0.411 e. The number of nitrogens with one attached hydrogen (secondary N) is 2. The molecule has 4 N–H and O–H groups in total. The van der Waals surface area contributed by atoms with E-state index in [1.165, 1.54) is 13.4 Å². The predicted octanol–water partition coefficient (Wildman–Crippen LogP) is 0.762. The number of aromatic nitrogens is 2. The van der Waals surface area contributed by atoms with Crippen LogP contribution in [0.5, 0.6) is 5.75 Å². The van der Waals surface area contributed by atoms with E-state index in [1.807, 2.05) is 0 Å². The molecule has 0 fully saturated rings. The third-order valence-corrected chi connectivity index (χ3v) is 1.95. The molecule has 1 aromatic rings. The molecule has 19 heavy (non-hydrogen) atoms. The summed E-state index contributed by atoms with van der Waals surface area (Å²) in [6, 6.07) is 0. The highest BCUT2D eigenvalue weighted by atomic mass is 19.4. The molecule has 108 valence electrons. The second-order valence-electron chi connectivity index (χ2n) is 3.34. The summed E-state index contributed by atoms with van der Waals surface area (Å²) in [6.45, 7) is -1.28. The third kappa shape index (κ3) is 5.14. The van der Waals surface area contributed by atoms with Crippen LogP contribution in [0.2, 0.25) is 0 Å². The number of nitrogen functional groups attached to an aromatic ring is 1. The number of rotatable bonds is 7. The molecule has 0 amide bonds. The van der Waals surface area contributed by atoms with Gasteiger partial charge in [-0.15, -0.1) is 0 Å². The van der Waals surface area contributed by atoms with Gasteiger partial charge < -0.3 is 20.2 Å². The van der Waals surface area contributed by atoms with Crippen LogP contribution in [0.15, 0.2) is 6.33 Å². The van der Waals surface area contributed by atoms with Crippen molar-refractivity contribution in [1.82, 2.24) is 9.97 Å². The van der Waals surface area contributed by atoms with E-state index < -0.39 is 12.8 Å². The summed E-state index contributed by atoms with van der Waals surface area (Å²) in [5.41, 5.74) is 2.31. The van der Waals surface area contributed by atoms with Gasteiger partial charge in [-0.2, -0.15) is 13.2 Å². The van der Waals surface area contributed by atoms with E-state index in [4.69, 9.17) is 10.6 Å². The largest absolute Gasteiger partial charge is 0.490 e. The molecule has 1 rings (SSSR count). The van der Waals surface area contributed by atoms with Crippen molar-refractivity contribution in [1.29, 1.82) is 0 Å². The molecule has 0 saturated heterocycles. The first-order valence-corrected chi connectivity index (χ1v) is 5.22. The Morgan fingerprint density at radius 2 is 2.00 bits per heavy atom. The Kier molecular flexibility index (Phi) is 5.57. The molecule has 0 aliphatic rings. The first kappa shape index (κ1) is 15.2. The fourth-order valence-corrected chi connectivity index (χ4v) is 1.23. The van der Waals surface area contributed by atoms with Crippen LogP contribution in [-0.4, -0.2) is 43.0 Å². The summed E-state index contributed by atoms with van der Waals surface area (Å²) >= 11 is 0. The third-order valence-electron chi connectivity index (χ3n) is 1.95. The van der Waals surface area contributed by atoms with Gasteiger partial charge in [0, 0.05) is 6.54 Å². The Morgan fingerprint density at radius 1 is 1.32 bits per heavy atom. The predicted molar refractivity (Wildman–Crippen MR) is 61.8 cm³/mol. The Morgan fingerprint density at radius 3 is 2.58 bits per heavy atom. The van der Waals surface area contributed by atoms with E-state index in [0.717, 1.165) is 0 Å². The zero-order chi connectivity index (χ0) is 14.3. The second kappa shape index (κ2) is 6.95. The van der Waals surface area contributed by atoms with E-state index in [9.17, 15) is 13.2 Å². The topological polar surface area (TPSA) is 94.3 Å². The van der Waals surface area contributed by atoms with Crippen molar-refractivity contribution >= 4 is 11.6 Å². The number of nitrogens with zero attached hydrogens (tertiary/aromatic N) is 2. The summed E-state index contributed by atoms with van der Waals surface area (Å²) in [4.78, 5) is 7.70. The minimum atomic E-state index is -4.33. The highest BCUT2D eigenvalue weighted by molar-refractivity contribution is 5.62. The SMILES string of the molecule is COc1c(NN)ncnc1NCCOCC(F)(F)F. The van der Waals surface area contributed by atoms with Gasteiger partial charge in [0.05, 0.1) is 13.7 Å². The van der Waals surface area contributed by atoms with Gasteiger partial charge in [0.25, 0.3) is 0 Å². The van der Waals surface area contributed by atoms with Crippen molar-refractivity contribution in [3.63, 3.8) is 0 Å². The van der Waals surface area contributed by atoms with Crippen LogP contribution >= 0.6 is 0 Å².